The van der Waals surface area contributed by atoms with Crippen LogP contribution in [0.5, 0.6) is 0 Å². The second kappa shape index (κ2) is 10.8. The Hall–Kier alpha value is -1.38. The molecule has 3 aliphatic heterocycles. The first kappa shape index (κ1) is 21.8. The molecule has 4 rings (SSSR count). The van der Waals surface area contributed by atoms with Crippen LogP contribution in [0.4, 0.5) is 0 Å². The van der Waals surface area contributed by atoms with Crippen LogP contribution in [0.15, 0.2) is 29.3 Å². The summed E-state index contributed by atoms with van der Waals surface area (Å²) in [5, 5.41) is 4.39. The van der Waals surface area contributed by atoms with Crippen LogP contribution in [0.25, 0.3) is 0 Å². The average molecular weight is 437 g/mol. The molecule has 3 atom stereocenters. The van der Waals surface area contributed by atoms with Crippen LogP contribution in [0, 0.1) is 0 Å². The van der Waals surface area contributed by atoms with Crippen molar-refractivity contribution < 1.29 is 14.2 Å². The lowest BCUT2D eigenvalue weighted by atomic mass is 10.0. The molecule has 0 aromatic heterocycles. The Morgan fingerprint density at radius 3 is 2.57 bits per heavy atom. The molecule has 30 heavy (non-hydrogen) atoms. The van der Waals surface area contributed by atoms with E-state index in [4.69, 9.17) is 25.8 Å². The fourth-order valence-corrected chi connectivity index (χ4v) is 4.67. The second-order valence-corrected chi connectivity index (χ2v) is 8.49. The first-order valence-corrected chi connectivity index (χ1v) is 11.4. The number of nitrogens with zero attached hydrogens (tertiary/aromatic N) is 3. The number of hydrogen-bond donors (Lipinski definition) is 1. The van der Waals surface area contributed by atoms with Gasteiger partial charge in [-0.2, -0.15) is 0 Å². The number of rotatable bonds is 5. The van der Waals surface area contributed by atoms with Gasteiger partial charge in [-0.1, -0.05) is 23.7 Å². The van der Waals surface area contributed by atoms with Crippen LogP contribution in [0.2, 0.25) is 5.02 Å². The topological polar surface area (TPSA) is 58.6 Å². The lowest BCUT2D eigenvalue weighted by molar-refractivity contribution is -0.0817. The van der Waals surface area contributed by atoms with E-state index in [1.54, 1.807) is 0 Å². The van der Waals surface area contributed by atoms with Crippen LogP contribution in [0.3, 0.4) is 0 Å². The third kappa shape index (κ3) is 5.45. The van der Waals surface area contributed by atoms with Crippen LogP contribution < -0.4 is 5.32 Å². The zero-order chi connectivity index (χ0) is 20.8. The van der Waals surface area contributed by atoms with E-state index in [0.717, 1.165) is 76.4 Å². The molecule has 3 saturated heterocycles. The van der Waals surface area contributed by atoms with Crippen molar-refractivity contribution in [3.05, 3.63) is 34.9 Å². The number of ether oxygens (including phenoxy) is 3. The summed E-state index contributed by atoms with van der Waals surface area (Å²) in [6.07, 6.45) is 2.53. The third-order valence-corrected chi connectivity index (χ3v) is 6.43. The third-order valence-electron chi connectivity index (χ3n) is 6.18. The van der Waals surface area contributed by atoms with Gasteiger partial charge in [-0.3, -0.25) is 9.89 Å². The fraction of sp³-hybridized carbons (Fsp3) is 0.682. The fourth-order valence-electron chi connectivity index (χ4n) is 4.54. The normalized spacial score (nSPS) is 27.3. The van der Waals surface area contributed by atoms with E-state index in [1.165, 1.54) is 5.56 Å². The molecule has 0 saturated carbocycles. The molecular weight excluding hydrogens is 404 g/mol. The number of morpholine rings is 2. The van der Waals surface area contributed by atoms with Crippen molar-refractivity contribution in [1.29, 1.82) is 0 Å². The molecule has 1 aromatic rings. The minimum Gasteiger partial charge on any atom is -0.379 e. The Kier molecular flexibility index (Phi) is 7.84. The summed E-state index contributed by atoms with van der Waals surface area (Å²) >= 11 is 6.12. The van der Waals surface area contributed by atoms with Gasteiger partial charge in [0.15, 0.2) is 5.96 Å². The first-order chi connectivity index (χ1) is 14.7. The zero-order valence-corrected chi connectivity index (χ0v) is 18.5. The predicted molar refractivity (Wildman–Crippen MR) is 118 cm³/mol. The van der Waals surface area contributed by atoms with Gasteiger partial charge >= 0.3 is 0 Å². The molecule has 0 aliphatic carbocycles. The Morgan fingerprint density at radius 2 is 1.87 bits per heavy atom. The molecule has 7 nitrogen and oxygen atoms in total. The minimum absolute atomic E-state index is 0.117. The molecule has 0 amide bonds. The standard InChI is InChI=1S/C22H33ClN4O3/c1-24-22(27-10-14-30-21(16-27)20-3-2-11-29-20)25-15-19(26-8-12-28-13-9-26)17-4-6-18(23)7-5-17/h4-7,19-21H,2-3,8-16H2,1H3,(H,24,25). The molecule has 0 bridgehead atoms. The zero-order valence-electron chi connectivity index (χ0n) is 17.8. The summed E-state index contributed by atoms with van der Waals surface area (Å²) < 4.78 is 17.4. The molecule has 3 fully saturated rings. The lowest BCUT2D eigenvalue weighted by Gasteiger charge is -2.39. The number of halogens is 1. The van der Waals surface area contributed by atoms with Crippen molar-refractivity contribution in [2.75, 3.05) is 66.2 Å². The van der Waals surface area contributed by atoms with Gasteiger partial charge in [0, 0.05) is 51.4 Å². The number of aliphatic imine (C=N–C) groups is 1. The Balaban J connectivity index is 1.41. The van der Waals surface area contributed by atoms with Crippen molar-refractivity contribution in [3.63, 3.8) is 0 Å². The summed E-state index contributed by atoms with van der Waals surface area (Å²) in [7, 11) is 1.85. The summed E-state index contributed by atoms with van der Waals surface area (Å²) in [5.74, 6) is 0.925. The van der Waals surface area contributed by atoms with Gasteiger partial charge in [-0.15, -0.1) is 0 Å². The van der Waals surface area contributed by atoms with Gasteiger partial charge in [-0.05, 0) is 30.5 Å². The van der Waals surface area contributed by atoms with E-state index >= 15 is 0 Å². The van der Waals surface area contributed by atoms with Crippen molar-refractivity contribution in [3.8, 4) is 0 Å². The van der Waals surface area contributed by atoms with E-state index < -0.39 is 0 Å². The minimum atomic E-state index is 0.117. The van der Waals surface area contributed by atoms with Crippen molar-refractivity contribution >= 4 is 17.6 Å². The van der Waals surface area contributed by atoms with Gasteiger partial charge in [-0.25, -0.2) is 0 Å². The van der Waals surface area contributed by atoms with E-state index in [2.05, 4.69) is 32.2 Å². The SMILES string of the molecule is CN=C(NCC(c1ccc(Cl)cc1)N1CCOCC1)N1CCOC(C2CCCO2)C1. The van der Waals surface area contributed by atoms with Crippen molar-refractivity contribution in [1.82, 2.24) is 15.1 Å². The summed E-state index contributed by atoms with van der Waals surface area (Å²) in [4.78, 5) is 9.34. The molecule has 0 radical (unpaired) electrons. The Bertz CT molecular complexity index is 690. The summed E-state index contributed by atoms with van der Waals surface area (Å²) in [6, 6.07) is 8.41. The smallest absolute Gasteiger partial charge is 0.193 e. The molecule has 8 heteroatoms. The molecular formula is C22H33ClN4O3. The molecule has 0 spiro atoms. The first-order valence-electron chi connectivity index (χ1n) is 11.0. The number of hydrogen-bond acceptors (Lipinski definition) is 5. The maximum absolute atomic E-state index is 6.12. The molecule has 1 aromatic carbocycles. The van der Waals surface area contributed by atoms with Crippen LogP contribution in [-0.2, 0) is 14.2 Å². The molecule has 3 unspecified atom stereocenters. The lowest BCUT2D eigenvalue weighted by Crippen LogP contribution is -2.54. The quantitative estimate of drug-likeness (QED) is 0.564. The van der Waals surface area contributed by atoms with E-state index in [0.29, 0.717) is 6.61 Å². The number of guanidine groups is 1. The maximum Gasteiger partial charge on any atom is 0.193 e. The summed E-state index contributed by atoms with van der Waals surface area (Å²) in [6.45, 7) is 7.36. The molecule has 3 heterocycles. The Labute approximate surface area is 184 Å². The molecule has 166 valence electrons. The van der Waals surface area contributed by atoms with Crippen molar-refractivity contribution in [2.45, 2.75) is 31.1 Å². The predicted octanol–water partition coefficient (Wildman–Crippen LogP) is 2.17. The van der Waals surface area contributed by atoms with Gasteiger partial charge in [0.1, 0.15) is 6.10 Å². The van der Waals surface area contributed by atoms with E-state index in [9.17, 15) is 0 Å². The molecule has 1 N–H and O–H groups in total. The highest BCUT2D eigenvalue weighted by Gasteiger charge is 2.32. The maximum atomic E-state index is 6.12. The van der Waals surface area contributed by atoms with E-state index in [1.807, 2.05) is 19.2 Å². The molecule has 3 aliphatic rings. The summed E-state index contributed by atoms with van der Waals surface area (Å²) in [5.41, 5.74) is 1.25. The van der Waals surface area contributed by atoms with Crippen LogP contribution in [0.1, 0.15) is 24.4 Å². The average Bonchev–Trinajstić information content (AvgIpc) is 3.34. The van der Waals surface area contributed by atoms with Crippen LogP contribution in [-0.4, -0.2) is 94.2 Å². The highest BCUT2D eigenvalue weighted by atomic mass is 35.5. The highest BCUT2D eigenvalue weighted by molar-refractivity contribution is 6.30. The van der Waals surface area contributed by atoms with Gasteiger partial charge < -0.3 is 24.4 Å². The van der Waals surface area contributed by atoms with Gasteiger partial charge in [0.25, 0.3) is 0 Å². The number of nitrogens with one attached hydrogen (secondary N) is 1. The van der Waals surface area contributed by atoms with Gasteiger partial charge in [0.2, 0.25) is 0 Å². The van der Waals surface area contributed by atoms with E-state index in [-0.39, 0.29) is 18.2 Å². The van der Waals surface area contributed by atoms with Crippen molar-refractivity contribution in [2.24, 2.45) is 4.99 Å². The monoisotopic (exact) mass is 436 g/mol. The van der Waals surface area contributed by atoms with Crippen LogP contribution >= 0.6 is 11.6 Å². The second-order valence-electron chi connectivity index (χ2n) is 8.05. The largest absolute Gasteiger partial charge is 0.379 e. The Morgan fingerprint density at radius 1 is 1.10 bits per heavy atom. The number of benzene rings is 1. The van der Waals surface area contributed by atoms with Gasteiger partial charge in [0.05, 0.1) is 32.0 Å². The highest BCUT2D eigenvalue weighted by Crippen LogP contribution is 2.24.